The highest BCUT2D eigenvalue weighted by Gasteiger charge is 2.46. The first-order valence-electron chi connectivity index (χ1n) is 7.62. The molecule has 1 N–H and O–H groups in total. The topological polar surface area (TPSA) is 57.6 Å². The number of aryl methyl sites for hydroxylation is 1. The SMILES string of the molecule is CCC1(CC(=O)O)CCN(CCCc2ccccc2)C1=O. The van der Waals surface area contributed by atoms with Gasteiger partial charge >= 0.3 is 5.97 Å². The molecule has 1 saturated heterocycles. The molecule has 0 aromatic heterocycles. The molecule has 114 valence electrons. The zero-order chi connectivity index (χ0) is 15.3. The van der Waals surface area contributed by atoms with Gasteiger partial charge in [0.05, 0.1) is 11.8 Å². The maximum atomic E-state index is 12.5. The Kier molecular flexibility index (Phi) is 4.99. The summed E-state index contributed by atoms with van der Waals surface area (Å²) in [4.78, 5) is 25.3. The van der Waals surface area contributed by atoms with Crippen molar-refractivity contribution in [2.24, 2.45) is 5.41 Å². The van der Waals surface area contributed by atoms with Gasteiger partial charge in [0.2, 0.25) is 5.91 Å². The van der Waals surface area contributed by atoms with Crippen LogP contribution in [0.1, 0.15) is 38.2 Å². The second-order valence-electron chi connectivity index (χ2n) is 5.84. The van der Waals surface area contributed by atoms with Crippen LogP contribution in [0.2, 0.25) is 0 Å². The van der Waals surface area contributed by atoms with E-state index < -0.39 is 11.4 Å². The molecule has 1 heterocycles. The number of rotatable bonds is 7. The number of carbonyl (C=O) groups is 2. The van der Waals surface area contributed by atoms with Gasteiger partial charge in [-0.25, -0.2) is 0 Å². The van der Waals surface area contributed by atoms with Crippen LogP contribution in [0, 0.1) is 5.41 Å². The molecule has 1 unspecified atom stereocenters. The van der Waals surface area contributed by atoms with Crippen molar-refractivity contribution < 1.29 is 14.7 Å². The van der Waals surface area contributed by atoms with Crippen LogP contribution in [-0.4, -0.2) is 35.0 Å². The molecule has 1 aromatic carbocycles. The monoisotopic (exact) mass is 289 g/mol. The Bertz CT molecular complexity index is 500. The van der Waals surface area contributed by atoms with Crippen molar-refractivity contribution in [1.29, 1.82) is 0 Å². The predicted molar refractivity (Wildman–Crippen MR) is 80.9 cm³/mol. The van der Waals surface area contributed by atoms with E-state index in [-0.39, 0.29) is 12.3 Å². The quantitative estimate of drug-likeness (QED) is 0.839. The van der Waals surface area contributed by atoms with Gasteiger partial charge in [-0.15, -0.1) is 0 Å². The smallest absolute Gasteiger partial charge is 0.304 e. The summed E-state index contributed by atoms with van der Waals surface area (Å²) in [6.07, 6.45) is 3.09. The number of carboxylic acid groups (broad SMARTS) is 1. The third kappa shape index (κ3) is 3.63. The van der Waals surface area contributed by atoms with Crippen molar-refractivity contribution in [3.8, 4) is 0 Å². The molecule has 0 saturated carbocycles. The summed E-state index contributed by atoms with van der Waals surface area (Å²) in [5.41, 5.74) is 0.606. The van der Waals surface area contributed by atoms with E-state index >= 15 is 0 Å². The minimum absolute atomic E-state index is 0.0282. The van der Waals surface area contributed by atoms with Crippen molar-refractivity contribution in [3.63, 3.8) is 0 Å². The Morgan fingerprint density at radius 3 is 2.67 bits per heavy atom. The molecular formula is C17H23NO3. The lowest BCUT2D eigenvalue weighted by atomic mass is 9.80. The van der Waals surface area contributed by atoms with Crippen LogP contribution in [-0.2, 0) is 16.0 Å². The molecule has 1 amide bonds. The summed E-state index contributed by atoms with van der Waals surface area (Å²) in [5, 5.41) is 9.03. The van der Waals surface area contributed by atoms with Gasteiger partial charge in [0, 0.05) is 13.1 Å². The fourth-order valence-electron chi connectivity index (χ4n) is 3.13. The average molecular weight is 289 g/mol. The lowest BCUT2D eigenvalue weighted by molar-refractivity contribution is -0.146. The van der Waals surface area contributed by atoms with Gasteiger partial charge in [0.15, 0.2) is 0 Å². The third-order valence-electron chi connectivity index (χ3n) is 4.50. The third-order valence-corrected chi connectivity index (χ3v) is 4.50. The maximum absolute atomic E-state index is 12.5. The molecule has 4 nitrogen and oxygen atoms in total. The highest BCUT2D eigenvalue weighted by molar-refractivity contribution is 5.88. The Morgan fingerprint density at radius 2 is 2.05 bits per heavy atom. The molecular weight excluding hydrogens is 266 g/mol. The number of likely N-dealkylation sites (tertiary alicyclic amines) is 1. The zero-order valence-electron chi connectivity index (χ0n) is 12.5. The summed E-state index contributed by atoms with van der Waals surface area (Å²) in [6.45, 7) is 3.32. The second-order valence-corrected chi connectivity index (χ2v) is 5.84. The van der Waals surface area contributed by atoms with Crippen LogP contribution in [0.3, 0.4) is 0 Å². The predicted octanol–water partition coefficient (Wildman–Crippen LogP) is 2.72. The van der Waals surface area contributed by atoms with Crippen molar-refractivity contribution >= 4 is 11.9 Å². The highest BCUT2D eigenvalue weighted by Crippen LogP contribution is 2.38. The van der Waals surface area contributed by atoms with E-state index in [4.69, 9.17) is 5.11 Å². The van der Waals surface area contributed by atoms with Crippen LogP contribution in [0.25, 0.3) is 0 Å². The van der Waals surface area contributed by atoms with Crippen LogP contribution < -0.4 is 0 Å². The molecule has 0 radical (unpaired) electrons. The molecule has 0 bridgehead atoms. The van der Waals surface area contributed by atoms with Crippen molar-refractivity contribution in [1.82, 2.24) is 4.90 Å². The molecule has 0 spiro atoms. The Balaban J connectivity index is 1.88. The molecule has 4 heteroatoms. The highest BCUT2D eigenvalue weighted by atomic mass is 16.4. The van der Waals surface area contributed by atoms with Gasteiger partial charge in [0.1, 0.15) is 0 Å². The molecule has 1 aliphatic heterocycles. The standard InChI is InChI=1S/C17H23NO3/c1-2-17(13-15(19)20)10-12-18(16(17)21)11-6-9-14-7-4-3-5-8-14/h3-5,7-8H,2,6,9-13H2,1H3,(H,19,20). The minimum Gasteiger partial charge on any atom is -0.481 e. The van der Waals surface area contributed by atoms with Crippen LogP contribution in [0.5, 0.6) is 0 Å². The fraction of sp³-hybridized carbons (Fsp3) is 0.529. The summed E-state index contributed by atoms with van der Waals surface area (Å²) in [7, 11) is 0. The van der Waals surface area contributed by atoms with Gasteiger partial charge in [0.25, 0.3) is 0 Å². The first kappa shape index (κ1) is 15.5. The number of hydrogen-bond donors (Lipinski definition) is 1. The molecule has 1 fully saturated rings. The van der Waals surface area contributed by atoms with Gasteiger partial charge in [-0.2, -0.15) is 0 Å². The number of carbonyl (C=O) groups excluding carboxylic acids is 1. The lowest BCUT2D eigenvalue weighted by Gasteiger charge is -2.24. The van der Waals surface area contributed by atoms with Crippen LogP contribution in [0.4, 0.5) is 0 Å². The number of nitrogens with zero attached hydrogens (tertiary/aromatic N) is 1. The molecule has 0 aliphatic carbocycles. The molecule has 1 atom stereocenters. The zero-order valence-corrected chi connectivity index (χ0v) is 12.5. The van der Waals surface area contributed by atoms with E-state index in [1.807, 2.05) is 30.0 Å². The summed E-state index contributed by atoms with van der Waals surface area (Å²) < 4.78 is 0. The van der Waals surface area contributed by atoms with Crippen molar-refractivity contribution in [3.05, 3.63) is 35.9 Å². The Labute approximate surface area is 125 Å². The fourth-order valence-corrected chi connectivity index (χ4v) is 3.13. The average Bonchev–Trinajstić information content (AvgIpc) is 2.78. The number of carboxylic acids is 1. The number of hydrogen-bond acceptors (Lipinski definition) is 2. The maximum Gasteiger partial charge on any atom is 0.304 e. The molecule has 1 aromatic rings. The number of benzene rings is 1. The van der Waals surface area contributed by atoms with E-state index in [1.54, 1.807) is 0 Å². The van der Waals surface area contributed by atoms with E-state index in [9.17, 15) is 9.59 Å². The van der Waals surface area contributed by atoms with Gasteiger partial charge in [-0.3, -0.25) is 9.59 Å². The summed E-state index contributed by atoms with van der Waals surface area (Å²) in [6, 6.07) is 10.2. The van der Waals surface area contributed by atoms with Gasteiger partial charge in [-0.05, 0) is 31.2 Å². The van der Waals surface area contributed by atoms with E-state index in [0.29, 0.717) is 19.4 Å². The summed E-state index contributed by atoms with van der Waals surface area (Å²) >= 11 is 0. The second kappa shape index (κ2) is 6.74. The van der Waals surface area contributed by atoms with Crippen LogP contribution >= 0.6 is 0 Å². The molecule has 1 aliphatic rings. The van der Waals surface area contributed by atoms with Crippen LogP contribution in [0.15, 0.2) is 30.3 Å². The number of aliphatic carboxylic acids is 1. The summed E-state index contributed by atoms with van der Waals surface area (Å²) in [5.74, 6) is -0.850. The van der Waals surface area contributed by atoms with E-state index in [0.717, 1.165) is 19.4 Å². The lowest BCUT2D eigenvalue weighted by Crippen LogP contribution is -2.36. The Morgan fingerprint density at radius 1 is 1.33 bits per heavy atom. The van der Waals surface area contributed by atoms with E-state index in [1.165, 1.54) is 5.56 Å². The number of amides is 1. The Hall–Kier alpha value is -1.84. The van der Waals surface area contributed by atoms with Crippen molar-refractivity contribution in [2.45, 2.75) is 39.0 Å². The normalized spacial score (nSPS) is 21.8. The molecule has 21 heavy (non-hydrogen) atoms. The molecule has 2 rings (SSSR count). The van der Waals surface area contributed by atoms with Crippen molar-refractivity contribution in [2.75, 3.05) is 13.1 Å². The minimum atomic E-state index is -0.878. The van der Waals surface area contributed by atoms with Gasteiger partial charge in [-0.1, -0.05) is 37.3 Å². The largest absolute Gasteiger partial charge is 0.481 e. The van der Waals surface area contributed by atoms with E-state index in [2.05, 4.69) is 12.1 Å². The van der Waals surface area contributed by atoms with Gasteiger partial charge < -0.3 is 10.0 Å². The first-order chi connectivity index (χ1) is 10.1. The first-order valence-corrected chi connectivity index (χ1v) is 7.62.